The lowest BCUT2D eigenvalue weighted by atomic mass is 10.1. The molecule has 0 saturated heterocycles. The van der Waals surface area contributed by atoms with Gasteiger partial charge in [-0.05, 0) is 52.0 Å². The van der Waals surface area contributed by atoms with Crippen LogP contribution in [0.4, 0.5) is 10.1 Å². The first kappa shape index (κ1) is 26.8. The fraction of sp³-hybridized carbons (Fsp3) is 0.391. The molecule has 7 nitrogen and oxygen atoms in total. The standard InChI is InChI=1S/C23H29BrFN3O4S/c1-16(22(30)26-23(2,3)4)27(14-17-9-6-7-12-20(17)25)21(29)15-28(33(5,31)32)19-11-8-10-18(24)13-19/h6-13,16H,14-15H2,1-5H3,(H,26,30)/t16-/m0/s1. The number of hydrogen-bond donors (Lipinski definition) is 1. The minimum absolute atomic E-state index is 0.194. The van der Waals surface area contributed by atoms with E-state index in [1.807, 2.05) is 0 Å². The topological polar surface area (TPSA) is 86.8 Å². The Morgan fingerprint density at radius 2 is 1.76 bits per heavy atom. The van der Waals surface area contributed by atoms with E-state index in [-0.39, 0.29) is 17.8 Å². The van der Waals surface area contributed by atoms with E-state index >= 15 is 0 Å². The van der Waals surface area contributed by atoms with Crippen LogP contribution in [-0.2, 0) is 26.2 Å². The smallest absolute Gasteiger partial charge is 0.244 e. The van der Waals surface area contributed by atoms with Gasteiger partial charge in [0, 0.05) is 22.1 Å². The van der Waals surface area contributed by atoms with Crippen molar-refractivity contribution < 1.29 is 22.4 Å². The lowest BCUT2D eigenvalue weighted by Gasteiger charge is -2.33. The van der Waals surface area contributed by atoms with E-state index in [2.05, 4.69) is 21.2 Å². The monoisotopic (exact) mass is 541 g/mol. The molecule has 0 aromatic heterocycles. The Balaban J connectivity index is 2.42. The van der Waals surface area contributed by atoms with E-state index in [9.17, 15) is 22.4 Å². The second-order valence-electron chi connectivity index (χ2n) is 8.78. The van der Waals surface area contributed by atoms with Gasteiger partial charge in [-0.15, -0.1) is 0 Å². The minimum Gasteiger partial charge on any atom is -0.350 e. The van der Waals surface area contributed by atoms with Crippen LogP contribution in [0.15, 0.2) is 53.0 Å². The van der Waals surface area contributed by atoms with Gasteiger partial charge in [0.25, 0.3) is 0 Å². The zero-order chi connectivity index (χ0) is 25.0. The van der Waals surface area contributed by atoms with Crippen molar-refractivity contribution in [3.63, 3.8) is 0 Å². The highest BCUT2D eigenvalue weighted by atomic mass is 79.9. The van der Waals surface area contributed by atoms with Crippen LogP contribution in [0.2, 0.25) is 0 Å². The number of hydrogen-bond acceptors (Lipinski definition) is 4. The van der Waals surface area contributed by atoms with E-state index in [4.69, 9.17) is 0 Å². The number of nitrogens with one attached hydrogen (secondary N) is 1. The highest BCUT2D eigenvalue weighted by molar-refractivity contribution is 9.10. The summed E-state index contributed by atoms with van der Waals surface area (Å²) in [4.78, 5) is 27.4. The van der Waals surface area contributed by atoms with Crippen molar-refractivity contribution in [2.75, 3.05) is 17.1 Å². The summed E-state index contributed by atoms with van der Waals surface area (Å²) in [6.45, 7) is 6.21. The molecule has 0 aliphatic rings. The molecule has 1 N–H and O–H groups in total. The Kier molecular flexibility index (Phi) is 8.64. The molecule has 10 heteroatoms. The predicted molar refractivity (Wildman–Crippen MR) is 131 cm³/mol. The first-order valence-electron chi connectivity index (χ1n) is 10.3. The van der Waals surface area contributed by atoms with E-state index < -0.39 is 45.8 Å². The Morgan fingerprint density at radius 3 is 2.30 bits per heavy atom. The number of sulfonamides is 1. The molecule has 2 amide bonds. The first-order valence-corrected chi connectivity index (χ1v) is 12.9. The van der Waals surface area contributed by atoms with Crippen LogP contribution in [-0.4, -0.2) is 49.5 Å². The van der Waals surface area contributed by atoms with Gasteiger partial charge in [0.05, 0.1) is 11.9 Å². The van der Waals surface area contributed by atoms with Gasteiger partial charge >= 0.3 is 0 Å². The molecule has 2 aromatic carbocycles. The van der Waals surface area contributed by atoms with E-state index in [0.717, 1.165) is 10.6 Å². The average Bonchev–Trinajstić information content (AvgIpc) is 2.68. The Bertz CT molecular complexity index is 1120. The molecule has 0 saturated carbocycles. The molecule has 0 bridgehead atoms. The van der Waals surface area contributed by atoms with E-state index in [1.54, 1.807) is 51.1 Å². The molecule has 0 radical (unpaired) electrons. The summed E-state index contributed by atoms with van der Waals surface area (Å²) in [5, 5.41) is 2.81. The maximum atomic E-state index is 14.4. The van der Waals surface area contributed by atoms with Crippen LogP contribution < -0.4 is 9.62 Å². The molecule has 1 atom stereocenters. The Labute approximate surface area is 203 Å². The van der Waals surface area contributed by atoms with Crippen LogP contribution >= 0.6 is 15.9 Å². The second-order valence-corrected chi connectivity index (χ2v) is 11.6. The molecule has 0 fully saturated rings. The van der Waals surface area contributed by atoms with Crippen LogP contribution in [0.3, 0.4) is 0 Å². The van der Waals surface area contributed by atoms with Gasteiger partial charge in [0.1, 0.15) is 18.4 Å². The third-order valence-corrected chi connectivity index (χ3v) is 6.37. The molecule has 2 rings (SSSR count). The van der Waals surface area contributed by atoms with Crippen LogP contribution in [0.5, 0.6) is 0 Å². The third kappa shape index (κ3) is 7.82. The summed E-state index contributed by atoms with van der Waals surface area (Å²) >= 11 is 3.30. The van der Waals surface area contributed by atoms with Crippen molar-refractivity contribution in [3.8, 4) is 0 Å². The zero-order valence-electron chi connectivity index (χ0n) is 19.3. The number of benzene rings is 2. The molecule has 0 aliphatic carbocycles. The maximum Gasteiger partial charge on any atom is 0.244 e. The van der Waals surface area contributed by atoms with Crippen molar-refractivity contribution in [2.24, 2.45) is 0 Å². The summed E-state index contributed by atoms with van der Waals surface area (Å²) in [6.07, 6.45) is 0.998. The number of rotatable bonds is 8. The highest BCUT2D eigenvalue weighted by Gasteiger charge is 2.31. The van der Waals surface area contributed by atoms with Crippen molar-refractivity contribution in [1.82, 2.24) is 10.2 Å². The van der Waals surface area contributed by atoms with Crippen LogP contribution in [0.25, 0.3) is 0 Å². The molecule has 0 aliphatic heterocycles. The fourth-order valence-electron chi connectivity index (χ4n) is 3.11. The van der Waals surface area contributed by atoms with Crippen molar-refractivity contribution in [2.45, 2.75) is 45.8 Å². The first-order chi connectivity index (χ1) is 15.2. The van der Waals surface area contributed by atoms with Crippen molar-refractivity contribution >= 4 is 43.5 Å². The number of halogens is 2. The van der Waals surface area contributed by atoms with Gasteiger partial charge < -0.3 is 10.2 Å². The fourth-order valence-corrected chi connectivity index (χ4v) is 4.34. The van der Waals surface area contributed by atoms with Gasteiger partial charge in [-0.2, -0.15) is 0 Å². The lowest BCUT2D eigenvalue weighted by molar-refractivity contribution is -0.140. The van der Waals surface area contributed by atoms with Crippen molar-refractivity contribution in [1.29, 1.82) is 0 Å². The van der Waals surface area contributed by atoms with E-state index in [0.29, 0.717) is 4.47 Å². The molecule has 33 heavy (non-hydrogen) atoms. The van der Waals surface area contributed by atoms with E-state index in [1.165, 1.54) is 30.0 Å². The summed E-state index contributed by atoms with van der Waals surface area (Å²) in [6, 6.07) is 11.5. The zero-order valence-corrected chi connectivity index (χ0v) is 21.7. The molecular formula is C23H29BrFN3O4S. The predicted octanol–water partition coefficient (Wildman–Crippen LogP) is 3.69. The Morgan fingerprint density at radius 1 is 1.12 bits per heavy atom. The largest absolute Gasteiger partial charge is 0.350 e. The minimum atomic E-state index is -3.83. The summed E-state index contributed by atoms with van der Waals surface area (Å²) in [7, 11) is -3.83. The molecule has 0 unspecified atom stereocenters. The van der Waals surface area contributed by atoms with Gasteiger partial charge in [0.2, 0.25) is 21.8 Å². The SMILES string of the molecule is C[C@@H](C(=O)NC(C)(C)C)N(Cc1ccccc1F)C(=O)CN(c1cccc(Br)c1)S(C)(=O)=O. The number of anilines is 1. The molecular weight excluding hydrogens is 513 g/mol. The second kappa shape index (κ2) is 10.6. The number of carbonyl (C=O) groups is 2. The number of amides is 2. The maximum absolute atomic E-state index is 14.4. The lowest BCUT2D eigenvalue weighted by Crippen LogP contribution is -2.54. The molecule has 2 aromatic rings. The molecule has 0 heterocycles. The van der Waals surface area contributed by atoms with Crippen molar-refractivity contribution in [3.05, 3.63) is 64.4 Å². The normalized spacial score (nSPS) is 12.7. The van der Waals surface area contributed by atoms with Gasteiger partial charge in [0.15, 0.2) is 0 Å². The third-order valence-electron chi connectivity index (χ3n) is 4.74. The average molecular weight is 542 g/mol. The van der Waals surface area contributed by atoms with Gasteiger partial charge in [-0.25, -0.2) is 12.8 Å². The number of nitrogens with zero attached hydrogens (tertiary/aromatic N) is 2. The summed E-state index contributed by atoms with van der Waals surface area (Å²) in [5.41, 5.74) is -0.0415. The van der Waals surface area contributed by atoms with Gasteiger partial charge in [-0.1, -0.05) is 40.2 Å². The summed E-state index contributed by atoms with van der Waals surface area (Å²) < 4.78 is 41.0. The molecule has 0 spiro atoms. The Hall–Kier alpha value is -2.46. The summed E-state index contributed by atoms with van der Waals surface area (Å²) in [5.74, 6) is -1.59. The quantitative estimate of drug-likeness (QED) is 0.552. The highest BCUT2D eigenvalue weighted by Crippen LogP contribution is 2.23. The number of carbonyl (C=O) groups excluding carboxylic acids is 2. The van der Waals surface area contributed by atoms with Crippen LogP contribution in [0.1, 0.15) is 33.3 Å². The molecule has 180 valence electrons. The van der Waals surface area contributed by atoms with Crippen LogP contribution in [0, 0.1) is 5.82 Å². The van der Waals surface area contributed by atoms with Gasteiger partial charge in [-0.3, -0.25) is 13.9 Å².